The van der Waals surface area contributed by atoms with Crippen molar-refractivity contribution in [1.82, 2.24) is 14.3 Å². The van der Waals surface area contributed by atoms with E-state index in [0.717, 1.165) is 43.4 Å². The van der Waals surface area contributed by atoms with Crippen LogP contribution in [0.4, 0.5) is 0 Å². The van der Waals surface area contributed by atoms with Crippen molar-refractivity contribution in [2.45, 2.75) is 24.5 Å². The number of thioether (sulfide) groups is 1. The lowest BCUT2D eigenvalue weighted by Gasteiger charge is -2.33. The molecule has 3 rings (SSSR count). The van der Waals surface area contributed by atoms with Crippen LogP contribution in [0.15, 0.2) is 29.6 Å². The zero-order valence-corrected chi connectivity index (χ0v) is 14.9. The van der Waals surface area contributed by atoms with Gasteiger partial charge in [0.1, 0.15) is 0 Å². The van der Waals surface area contributed by atoms with Crippen molar-refractivity contribution in [2.24, 2.45) is 0 Å². The maximum absolute atomic E-state index is 12.4. The second kappa shape index (κ2) is 8.00. The molecule has 0 aromatic carbocycles. The number of carbonyl (C=O) groups is 1. The van der Waals surface area contributed by atoms with Gasteiger partial charge in [-0.1, -0.05) is 17.8 Å². The molecule has 1 aliphatic rings. The molecule has 2 aromatic rings. The summed E-state index contributed by atoms with van der Waals surface area (Å²) in [5.41, 5.74) is 1.17. The van der Waals surface area contributed by atoms with Crippen LogP contribution in [-0.2, 0) is 9.47 Å². The van der Waals surface area contributed by atoms with Gasteiger partial charge >= 0.3 is 5.97 Å². The predicted octanol–water partition coefficient (Wildman–Crippen LogP) is 2.32. The molecule has 1 saturated heterocycles. The van der Waals surface area contributed by atoms with E-state index in [2.05, 4.69) is 16.8 Å². The highest BCUT2D eigenvalue weighted by Crippen LogP contribution is 2.20. The number of ether oxygens (including phenoxy) is 2. The standard InChI is InChI=1S/C17H23N3O3S/c1-13-12-22-11-9-19(13)7-5-10-23-16(21)15-14-6-3-4-8-20(14)17(18-15)24-2/h3-4,6,8,13H,5,7,9-12H2,1-2H3/t13-/m1/s1. The minimum absolute atomic E-state index is 0.353. The number of imidazole rings is 1. The lowest BCUT2D eigenvalue weighted by molar-refractivity contribution is -0.00388. The van der Waals surface area contributed by atoms with E-state index >= 15 is 0 Å². The van der Waals surface area contributed by atoms with Crippen molar-refractivity contribution < 1.29 is 14.3 Å². The van der Waals surface area contributed by atoms with Gasteiger partial charge in [0.15, 0.2) is 10.9 Å². The topological polar surface area (TPSA) is 56.1 Å². The third kappa shape index (κ3) is 3.74. The lowest BCUT2D eigenvalue weighted by Crippen LogP contribution is -2.44. The van der Waals surface area contributed by atoms with Crippen molar-refractivity contribution in [3.8, 4) is 0 Å². The molecule has 6 nitrogen and oxygen atoms in total. The maximum atomic E-state index is 12.4. The molecular formula is C17H23N3O3S. The summed E-state index contributed by atoms with van der Waals surface area (Å²) >= 11 is 1.51. The SMILES string of the molecule is CSc1nc(C(=O)OCCCN2CCOC[C@H]2C)c2ccccn12. The summed E-state index contributed by atoms with van der Waals surface area (Å²) < 4.78 is 12.8. The van der Waals surface area contributed by atoms with Gasteiger partial charge in [-0.3, -0.25) is 9.30 Å². The number of hydrogen-bond donors (Lipinski definition) is 0. The number of rotatable bonds is 6. The molecule has 0 spiro atoms. The summed E-state index contributed by atoms with van der Waals surface area (Å²) in [4.78, 5) is 19.1. The van der Waals surface area contributed by atoms with Gasteiger partial charge in [-0.2, -0.15) is 0 Å². The van der Waals surface area contributed by atoms with E-state index in [-0.39, 0.29) is 5.97 Å². The molecule has 7 heteroatoms. The van der Waals surface area contributed by atoms with Gasteiger partial charge in [0, 0.05) is 25.3 Å². The first-order valence-electron chi connectivity index (χ1n) is 8.20. The Morgan fingerprint density at radius 3 is 3.17 bits per heavy atom. The second-order valence-corrected chi connectivity index (χ2v) is 6.63. The van der Waals surface area contributed by atoms with E-state index < -0.39 is 0 Å². The zero-order valence-electron chi connectivity index (χ0n) is 14.1. The molecule has 1 aliphatic heterocycles. The maximum Gasteiger partial charge on any atom is 0.359 e. The highest BCUT2D eigenvalue weighted by Gasteiger charge is 2.20. The van der Waals surface area contributed by atoms with Crippen LogP contribution in [0.1, 0.15) is 23.8 Å². The van der Waals surface area contributed by atoms with Crippen molar-refractivity contribution in [1.29, 1.82) is 0 Å². The number of nitrogens with zero attached hydrogens (tertiary/aromatic N) is 3. The number of aromatic nitrogens is 2. The van der Waals surface area contributed by atoms with Crippen LogP contribution in [0, 0.1) is 0 Å². The third-order valence-electron chi connectivity index (χ3n) is 4.22. The Morgan fingerprint density at radius 2 is 2.38 bits per heavy atom. The van der Waals surface area contributed by atoms with E-state index in [1.807, 2.05) is 35.1 Å². The Bertz CT molecular complexity index is 703. The van der Waals surface area contributed by atoms with Gasteiger partial charge in [0.25, 0.3) is 0 Å². The molecule has 0 unspecified atom stereocenters. The van der Waals surface area contributed by atoms with Gasteiger partial charge < -0.3 is 9.47 Å². The summed E-state index contributed by atoms with van der Waals surface area (Å²) in [5, 5.41) is 0.791. The van der Waals surface area contributed by atoms with E-state index in [1.54, 1.807) is 0 Å². The van der Waals surface area contributed by atoms with E-state index in [0.29, 0.717) is 18.3 Å². The van der Waals surface area contributed by atoms with Gasteiger partial charge in [-0.15, -0.1) is 0 Å². The van der Waals surface area contributed by atoms with Crippen molar-refractivity contribution >= 4 is 23.2 Å². The molecule has 1 atom stereocenters. The van der Waals surface area contributed by atoms with E-state index in [9.17, 15) is 4.79 Å². The fourth-order valence-electron chi connectivity index (χ4n) is 2.90. The minimum atomic E-state index is -0.353. The summed E-state index contributed by atoms with van der Waals surface area (Å²) in [7, 11) is 0. The molecule has 24 heavy (non-hydrogen) atoms. The molecule has 0 amide bonds. The average Bonchev–Trinajstić information content (AvgIpc) is 2.99. The Morgan fingerprint density at radius 1 is 1.50 bits per heavy atom. The van der Waals surface area contributed by atoms with Crippen LogP contribution in [0.5, 0.6) is 0 Å². The second-order valence-electron chi connectivity index (χ2n) is 5.85. The average molecular weight is 349 g/mol. The largest absolute Gasteiger partial charge is 0.461 e. The molecule has 0 saturated carbocycles. The third-order valence-corrected chi connectivity index (χ3v) is 4.87. The van der Waals surface area contributed by atoms with Gasteiger partial charge in [-0.25, -0.2) is 9.78 Å². The fraction of sp³-hybridized carbons (Fsp3) is 0.529. The number of pyridine rings is 1. The van der Waals surface area contributed by atoms with E-state index in [4.69, 9.17) is 9.47 Å². The molecule has 1 fully saturated rings. The first-order chi connectivity index (χ1) is 11.7. The lowest BCUT2D eigenvalue weighted by atomic mass is 10.2. The summed E-state index contributed by atoms with van der Waals surface area (Å²) in [5.74, 6) is -0.353. The number of fused-ring (bicyclic) bond motifs is 1. The predicted molar refractivity (Wildman–Crippen MR) is 93.7 cm³/mol. The van der Waals surface area contributed by atoms with Crippen LogP contribution in [0.25, 0.3) is 5.52 Å². The van der Waals surface area contributed by atoms with Crippen LogP contribution >= 0.6 is 11.8 Å². The highest BCUT2D eigenvalue weighted by molar-refractivity contribution is 7.98. The van der Waals surface area contributed by atoms with Crippen molar-refractivity contribution in [3.63, 3.8) is 0 Å². The fourth-order valence-corrected chi connectivity index (χ4v) is 3.44. The zero-order chi connectivity index (χ0) is 16.9. The van der Waals surface area contributed by atoms with Crippen molar-refractivity contribution in [3.05, 3.63) is 30.1 Å². The number of esters is 1. The first-order valence-corrected chi connectivity index (χ1v) is 9.43. The van der Waals surface area contributed by atoms with Gasteiger partial charge in [0.2, 0.25) is 0 Å². The molecule has 0 radical (unpaired) electrons. The van der Waals surface area contributed by atoms with E-state index in [1.165, 1.54) is 11.8 Å². The Labute approximate surface area is 146 Å². The molecule has 130 valence electrons. The molecule has 0 aliphatic carbocycles. The van der Waals surface area contributed by atoms with Crippen LogP contribution in [0.2, 0.25) is 0 Å². The molecular weight excluding hydrogens is 326 g/mol. The summed E-state index contributed by atoms with van der Waals surface area (Å²) in [6.45, 7) is 5.98. The molecule has 0 bridgehead atoms. The number of hydrogen-bond acceptors (Lipinski definition) is 6. The van der Waals surface area contributed by atoms with Crippen LogP contribution in [-0.4, -0.2) is 65.5 Å². The quantitative estimate of drug-likeness (QED) is 0.453. The Hall–Kier alpha value is -1.57. The highest BCUT2D eigenvalue weighted by atomic mass is 32.2. The summed E-state index contributed by atoms with van der Waals surface area (Å²) in [6.07, 6.45) is 4.67. The van der Waals surface area contributed by atoms with Crippen molar-refractivity contribution in [2.75, 3.05) is 39.2 Å². The molecule has 0 N–H and O–H groups in total. The van der Waals surface area contributed by atoms with Gasteiger partial charge in [0.05, 0.1) is 25.3 Å². The smallest absolute Gasteiger partial charge is 0.359 e. The number of morpholine rings is 1. The van der Waals surface area contributed by atoms with Crippen LogP contribution in [0.3, 0.4) is 0 Å². The Kier molecular flexibility index (Phi) is 5.76. The number of carbonyl (C=O) groups excluding carboxylic acids is 1. The van der Waals surface area contributed by atoms with Crippen LogP contribution < -0.4 is 0 Å². The minimum Gasteiger partial charge on any atom is -0.461 e. The normalized spacial score (nSPS) is 18.8. The first kappa shape index (κ1) is 17.3. The summed E-state index contributed by atoms with van der Waals surface area (Å²) in [6, 6.07) is 6.14. The van der Waals surface area contributed by atoms with Gasteiger partial charge in [-0.05, 0) is 31.7 Å². The Balaban J connectivity index is 1.56. The molecule has 2 aromatic heterocycles. The molecule has 3 heterocycles. The monoisotopic (exact) mass is 349 g/mol.